The van der Waals surface area contributed by atoms with Crippen molar-refractivity contribution >= 4 is 43.1 Å². The number of ether oxygens (including phenoxy) is 1. The van der Waals surface area contributed by atoms with Crippen LogP contribution in [0.4, 0.5) is 0 Å². The largest absolute Gasteiger partial charge is 0.507 e. The third-order valence-corrected chi connectivity index (χ3v) is 8.93. The van der Waals surface area contributed by atoms with Gasteiger partial charge in [0.05, 0.1) is 13.2 Å². The van der Waals surface area contributed by atoms with Crippen LogP contribution in [0, 0.1) is 0 Å². The Morgan fingerprint density at radius 2 is 0.848 bits per heavy atom. The third-order valence-electron chi connectivity index (χ3n) is 8.93. The molecule has 0 aliphatic heterocycles. The van der Waals surface area contributed by atoms with E-state index in [0.717, 1.165) is 54.2 Å². The molecule has 0 amide bonds. The maximum atomic E-state index is 11.8. The van der Waals surface area contributed by atoms with Crippen LogP contribution >= 0.6 is 0 Å². The van der Waals surface area contributed by atoms with Gasteiger partial charge < -0.3 is 20.1 Å². The monoisotopic (exact) mass is 598 g/mol. The molecular formula is C42H30O4. The van der Waals surface area contributed by atoms with Crippen molar-refractivity contribution in [3.63, 3.8) is 0 Å². The minimum Gasteiger partial charge on any atom is -0.507 e. The van der Waals surface area contributed by atoms with Gasteiger partial charge in [0.2, 0.25) is 0 Å². The van der Waals surface area contributed by atoms with Crippen LogP contribution in [0.3, 0.4) is 0 Å². The number of phenols is 3. The van der Waals surface area contributed by atoms with Crippen molar-refractivity contribution in [2.75, 3.05) is 0 Å². The van der Waals surface area contributed by atoms with Gasteiger partial charge in [0.15, 0.2) is 0 Å². The van der Waals surface area contributed by atoms with Crippen LogP contribution in [0.1, 0.15) is 11.1 Å². The number of phenolic OH excluding ortho intramolecular Hbond substituents is 3. The Bertz CT molecular complexity index is 2440. The van der Waals surface area contributed by atoms with Crippen molar-refractivity contribution in [1.82, 2.24) is 0 Å². The molecule has 0 spiro atoms. The molecule has 8 aromatic rings. The molecule has 0 fully saturated rings. The normalized spacial score (nSPS) is 11.6. The van der Waals surface area contributed by atoms with Crippen LogP contribution in [-0.2, 0) is 18.0 Å². The third kappa shape index (κ3) is 4.59. The van der Waals surface area contributed by atoms with Gasteiger partial charge in [-0.15, -0.1) is 0 Å². The second-order valence-electron chi connectivity index (χ2n) is 11.7. The van der Waals surface area contributed by atoms with Crippen molar-refractivity contribution in [3.05, 3.63) is 151 Å². The van der Waals surface area contributed by atoms with Crippen molar-refractivity contribution in [3.8, 4) is 39.5 Å². The predicted octanol–water partition coefficient (Wildman–Crippen LogP) is 10.5. The average Bonchev–Trinajstić information content (AvgIpc) is 3.09. The highest BCUT2D eigenvalue weighted by Gasteiger charge is 2.21. The minimum atomic E-state index is 0.0598. The fourth-order valence-electron chi connectivity index (χ4n) is 6.77. The van der Waals surface area contributed by atoms with Crippen molar-refractivity contribution in [1.29, 1.82) is 0 Å². The highest BCUT2D eigenvalue weighted by atomic mass is 16.5. The first kappa shape index (κ1) is 27.7. The van der Waals surface area contributed by atoms with Crippen molar-refractivity contribution in [2.24, 2.45) is 0 Å². The zero-order valence-electron chi connectivity index (χ0n) is 24.9. The van der Waals surface area contributed by atoms with Crippen molar-refractivity contribution in [2.45, 2.75) is 13.2 Å². The van der Waals surface area contributed by atoms with E-state index >= 15 is 0 Å². The van der Waals surface area contributed by atoms with Gasteiger partial charge in [0, 0.05) is 27.8 Å². The fourth-order valence-corrected chi connectivity index (χ4v) is 6.77. The molecule has 3 N–H and O–H groups in total. The maximum Gasteiger partial charge on any atom is 0.129 e. The van der Waals surface area contributed by atoms with Gasteiger partial charge in [0.25, 0.3) is 0 Å². The van der Waals surface area contributed by atoms with E-state index in [2.05, 4.69) is 18.2 Å². The summed E-state index contributed by atoms with van der Waals surface area (Å²) in [6.45, 7) is 0.237. The van der Waals surface area contributed by atoms with Crippen LogP contribution in [0.15, 0.2) is 140 Å². The molecule has 0 aromatic heterocycles. The van der Waals surface area contributed by atoms with E-state index in [9.17, 15) is 15.3 Å². The zero-order chi connectivity index (χ0) is 31.2. The quantitative estimate of drug-likeness (QED) is 0.178. The first-order chi connectivity index (χ1) is 22.6. The molecule has 46 heavy (non-hydrogen) atoms. The lowest BCUT2D eigenvalue weighted by Crippen LogP contribution is -1.98. The number of benzene rings is 8. The molecule has 0 aliphatic carbocycles. The highest BCUT2D eigenvalue weighted by Crippen LogP contribution is 2.47. The molecule has 0 saturated carbocycles. The molecule has 0 bridgehead atoms. The van der Waals surface area contributed by atoms with Crippen LogP contribution in [-0.4, -0.2) is 15.3 Å². The van der Waals surface area contributed by atoms with Gasteiger partial charge >= 0.3 is 0 Å². The van der Waals surface area contributed by atoms with E-state index in [4.69, 9.17) is 4.74 Å². The Hall–Kier alpha value is -5.84. The first-order valence-electron chi connectivity index (χ1n) is 15.3. The second-order valence-corrected chi connectivity index (χ2v) is 11.7. The van der Waals surface area contributed by atoms with Gasteiger partial charge in [-0.05, 0) is 66.9 Å². The summed E-state index contributed by atoms with van der Waals surface area (Å²) < 4.78 is 6.27. The Morgan fingerprint density at radius 3 is 1.48 bits per heavy atom. The van der Waals surface area contributed by atoms with Gasteiger partial charge in [-0.1, -0.05) is 121 Å². The second kappa shape index (κ2) is 11.3. The SMILES string of the molecule is Oc1ccc2ccccc2c1-c1c(O)c(COCc2cc3ccccc3c(-c3cccc4ccccc34)c2O)cc2ccccc12. The summed E-state index contributed by atoms with van der Waals surface area (Å²) in [6, 6.07) is 45.5. The number of hydrogen-bond donors (Lipinski definition) is 3. The molecule has 0 unspecified atom stereocenters. The van der Waals surface area contributed by atoms with Gasteiger partial charge in [0.1, 0.15) is 17.2 Å². The summed E-state index contributed by atoms with van der Waals surface area (Å²) in [5, 5.41) is 42.3. The summed E-state index contributed by atoms with van der Waals surface area (Å²) in [5.74, 6) is 0.336. The molecular weight excluding hydrogens is 568 g/mol. The van der Waals surface area contributed by atoms with Gasteiger partial charge in [-0.2, -0.15) is 0 Å². The average molecular weight is 599 g/mol. The van der Waals surface area contributed by atoms with Gasteiger partial charge in [-0.3, -0.25) is 0 Å². The van der Waals surface area contributed by atoms with E-state index in [1.54, 1.807) is 6.07 Å². The van der Waals surface area contributed by atoms with Crippen LogP contribution in [0.2, 0.25) is 0 Å². The molecule has 0 saturated heterocycles. The smallest absolute Gasteiger partial charge is 0.129 e. The summed E-state index contributed by atoms with van der Waals surface area (Å²) in [5.41, 5.74) is 4.14. The molecule has 0 aliphatic rings. The Morgan fingerprint density at radius 1 is 0.391 bits per heavy atom. The number of hydrogen-bond acceptors (Lipinski definition) is 4. The first-order valence-corrected chi connectivity index (χ1v) is 15.3. The van der Waals surface area contributed by atoms with Gasteiger partial charge in [-0.25, -0.2) is 0 Å². The number of aromatic hydroxyl groups is 3. The van der Waals surface area contributed by atoms with Crippen molar-refractivity contribution < 1.29 is 20.1 Å². The number of fused-ring (bicyclic) bond motifs is 4. The maximum absolute atomic E-state index is 11.8. The summed E-state index contributed by atoms with van der Waals surface area (Å²) in [7, 11) is 0. The van der Waals surface area contributed by atoms with Crippen LogP contribution in [0.25, 0.3) is 65.3 Å². The van der Waals surface area contributed by atoms with E-state index in [1.165, 1.54) is 0 Å². The summed E-state index contributed by atoms with van der Waals surface area (Å²) >= 11 is 0. The molecule has 8 aromatic carbocycles. The van der Waals surface area contributed by atoms with E-state index in [1.807, 2.05) is 115 Å². The standard InChI is InChI=1S/C42H30O4/c43-37-21-20-27-11-2-6-16-33(27)39(37)40-35-18-8-4-13-29(35)23-31(42(40)45)25-46-24-30-22-28-12-3-7-17-34(28)38(41(30)44)36-19-9-14-26-10-1-5-15-32(26)36/h1-23,43-45H,24-25H2. The van der Waals surface area contributed by atoms with E-state index in [0.29, 0.717) is 22.3 Å². The van der Waals surface area contributed by atoms with Crippen LogP contribution in [0.5, 0.6) is 17.2 Å². The molecule has 4 nitrogen and oxygen atoms in total. The molecule has 4 heteroatoms. The Balaban J connectivity index is 1.20. The zero-order valence-corrected chi connectivity index (χ0v) is 24.9. The Labute approximate surface area is 266 Å². The number of rotatable bonds is 6. The molecule has 0 atom stereocenters. The predicted molar refractivity (Wildman–Crippen MR) is 187 cm³/mol. The lowest BCUT2D eigenvalue weighted by Gasteiger charge is -2.18. The van der Waals surface area contributed by atoms with E-state index in [-0.39, 0.29) is 30.5 Å². The highest BCUT2D eigenvalue weighted by molar-refractivity contribution is 6.10. The minimum absolute atomic E-state index is 0.0598. The summed E-state index contributed by atoms with van der Waals surface area (Å²) in [4.78, 5) is 0. The molecule has 222 valence electrons. The van der Waals surface area contributed by atoms with E-state index < -0.39 is 0 Å². The lowest BCUT2D eigenvalue weighted by atomic mass is 9.90. The molecule has 0 radical (unpaired) electrons. The Kier molecular flexibility index (Phi) is 6.78. The molecule has 8 rings (SSSR count). The van der Waals surface area contributed by atoms with Crippen LogP contribution < -0.4 is 0 Å². The molecule has 0 heterocycles. The topological polar surface area (TPSA) is 69.9 Å². The summed E-state index contributed by atoms with van der Waals surface area (Å²) in [6.07, 6.45) is 0. The fraction of sp³-hybridized carbons (Fsp3) is 0.0476. The lowest BCUT2D eigenvalue weighted by molar-refractivity contribution is 0.104.